The molecule has 2 aliphatic heterocycles. The molecule has 4 N–H and O–H groups in total. The topological polar surface area (TPSA) is 125 Å². The highest BCUT2D eigenvalue weighted by Gasteiger charge is 2.66. The number of ether oxygens (including phenoxy) is 5. The van der Waals surface area contributed by atoms with Gasteiger partial charge in [0, 0.05) is 49.7 Å². The minimum Gasteiger partial charge on any atom is -0.467 e. The van der Waals surface area contributed by atoms with Gasteiger partial charge in [-0.15, -0.1) is 0 Å². The monoisotopic (exact) mass is 665 g/mol. The minimum absolute atomic E-state index is 0.0355. The molecule has 0 aromatic heterocycles. The van der Waals surface area contributed by atoms with Crippen molar-refractivity contribution in [2.75, 3.05) is 45.6 Å². The summed E-state index contributed by atoms with van der Waals surface area (Å²) in [5.74, 6) is -0.241. The molecule has 1 amide bonds. The number of carbonyl (C=O) groups excluding carboxylic acids is 1. The summed E-state index contributed by atoms with van der Waals surface area (Å²) in [7, 11) is 1.55. The highest BCUT2D eigenvalue weighted by molar-refractivity contribution is 5.83. The number of rotatable bonds is 12. The van der Waals surface area contributed by atoms with Crippen LogP contribution in [0.25, 0.3) is 11.1 Å². The van der Waals surface area contributed by atoms with Gasteiger partial charge in [0.1, 0.15) is 12.4 Å². The van der Waals surface area contributed by atoms with Crippen molar-refractivity contribution >= 4 is 11.8 Å². The van der Waals surface area contributed by atoms with Crippen LogP contribution in [0.3, 0.4) is 0 Å². The molecule has 1 saturated heterocycles. The lowest BCUT2D eigenvalue weighted by molar-refractivity contribution is -0.140. The first-order valence-electron chi connectivity index (χ1n) is 16.9. The Labute approximate surface area is 286 Å². The Morgan fingerprint density at radius 3 is 2.20 bits per heavy atom. The van der Waals surface area contributed by atoms with Crippen molar-refractivity contribution in [3.8, 4) is 16.9 Å². The number of anilines is 1. The fourth-order valence-corrected chi connectivity index (χ4v) is 8.09. The summed E-state index contributed by atoms with van der Waals surface area (Å²) < 4.78 is 28.9. The first-order valence-corrected chi connectivity index (χ1v) is 16.9. The zero-order valence-electron chi connectivity index (χ0n) is 28.0. The second-order valence-electron chi connectivity index (χ2n) is 12.5. The molecule has 1 aliphatic carbocycles. The standard InChI is InChI=1S/C39H43N3O7/c1-4-46-37(47-5-2)24-19-31-34(33(20-24)49-23-45-3)28(22-48-38(40)44)36(43)35-32(21-41-31)42(35)39(25-13-7-6-8-14-25)29-17-11-9-15-26(29)27-16-10-12-18-30(27)39/h6-20,28,32,35-37,41,43H,4-5,21-23H2,1-3H3,(H2,40,44)/t28-,32-,35-,36?,42?/m0/s1. The maximum atomic E-state index is 12.6. The number of aliphatic hydroxyl groups excluding tert-OH is 1. The van der Waals surface area contributed by atoms with Crippen molar-refractivity contribution in [3.05, 3.63) is 119 Å². The summed E-state index contributed by atoms with van der Waals surface area (Å²) in [6.07, 6.45) is -2.53. The molecule has 5 atom stereocenters. The molecule has 4 aromatic rings. The first-order chi connectivity index (χ1) is 23.9. The van der Waals surface area contributed by atoms with Gasteiger partial charge in [-0.05, 0) is 53.8 Å². The van der Waals surface area contributed by atoms with E-state index in [1.54, 1.807) is 7.11 Å². The predicted octanol–water partition coefficient (Wildman–Crippen LogP) is 5.73. The van der Waals surface area contributed by atoms with Crippen LogP contribution >= 0.6 is 0 Å². The molecule has 0 radical (unpaired) electrons. The van der Waals surface area contributed by atoms with Crippen LogP contribution in [0.1, 0.15) is 53.9 Å². The van der Waals surface area contributed by atoms with Gasteiger partial charge in [-0.2, -0.15) is 0 Å². The third-order valence-electron chi connectivity index (χ3n) is 9.93. The van der Waals surface area contributed by atoms with E-state index < -0.39 is 29.9 Å². The van der Waals surface area contributed by atoms with E-state index in [1.807, 2.05) is 32.0 Å². The van der Waals surface area contributed by atoms with E-state index in [0.717, 1.165) is 27.9 Å². The summed E-state index contributed by atoms with van der Waals surface area (Å²) in [4.78, 5) is 14.5. The van der Waals surface area contributed by atoms with Crippen molar-refractivity contribution in [2.45, 2.75) is 49.8 Å². The van der Waals surface area contributed by atoms with E-state index in [1.165, 1.54) is 11.1 Å². The predicted molar refractivity (Wildman–Crippen MR) is 185 cm³/mol. The van der Waals surface area contributed by atoms with Gasteiger partial charge in [-0.3, -0.25) is 4.90 Å². The van der Waals surface area contributed by atoms with Crippen molar-refractivity contribution in [1.29, 1.82) is 0 Å². The third-order valence-corrected chi connectivity index (χ3v) is 9.93. The Morgan fingerprint density at radius 1 is 0.959 bits per heavy atom. The molecule has 3 aliphatic rings. The first kappa shape index (κ1) is 33.1. The smallest absolute Gasteiger partial charge is 0.404 e. The number of nitrogens with two attached hydrogens (primary N) is 1. The van der Waals surface area contributed by atoms with Crippen LogP contribution in [0.15, 0.2) is 91.0 Å². The molecule has 2 heterocycles. The molecule has 10 heteroatoms. The lowest BCUT2D eigenvalue weighted by atomic mass is 9.80. The Balaban J connectivity index is 1.39. The molecule has 49 heavy (non-hydrogen) atoms. The van der Waals surface area contributed by atoms with Gasteiger partial charge in [-0.1, -0.05) is 78.9 Å². The number of nitrogens with zero attached hydrogens (tertiary/aromatic N) is 1. The van der Waals surface area contributed by atoms with Crippen LogP contribution in [-0.2, 0) is 24.5 Å². The number of primary amides is 1. The number of benzene rings is 4. The summed E-state index contributed by atoms with van der Waals surface area (Å²) in [5.41, 5.74) is 12.7. The summed E-state index contributed by atoms with van der Waals surface area (Å²) in [6, 6.07) is 30.9. The van der Waals surface area contributed by atoms with E-state index in [2.05, 4.69) is 83.0 Å². The number of aliphatic hydroxyl groups is 1. The Bertz CT molecular complexity index is 1750. The van der Waals surface area contributed by atoms with E-state index in [-0.39, 0.29) is 25.5 Å². The molecule has 0 bridgehead atoms. The van der Waals surface area contributed by atoms with E-state index in [9.17, 15) is 9.90 Å². The van der Waals surface area contributed by atoms with Crippen molar-refractivity contribution in [2.24, 2.45) is 5.73 Å². The number of nitrogens with one attached hydrogen (secondary N) is 1. The van der Waals surface area contributed by atoms with Gasteiger partial charge in [0.25, 0.3) is 0 Å². The van der Waals surface area contributed by atoms with Gasteiger partial charge in [0.05, 0.1) is 23.6 Å². The summed E-state index contributed by atoms with van der Waals surface area (Å²) in [5, 5.41) is 16.3. The SMILES string of the molecule is CCOC(OCC)c1cc2c(c(OCOC)c1)[C@H](COC(N)=O)C(O)[C@@H]1[C@H](CN2)N1C1(c2ccccc2)c2ccccc2-c2ccccc21. The minimum atomic E-state index is -0.976. The van der Waals surface area contributed by atoms with Crippen LogP contribution in [0.4, 0.5) is 10.5 Å². The average molecular weight is 666 g/mol. The molecule has 2 unspecified atom stereocenters. The van der Waals surface area contributed by atoms with Crippen molar-refractivity contribution in [1.82, 2.24) is 4.90 Å². The number of hydrogen-bond acceptors (Lipinski definition) is 9. The second kappa shape index (κ2) is 13.8. The number of carbonyl (C=O) groups is 1. The molecular weight excluding hydrogens is 622 g/mol. The fourth-order valence-electron chi connectivity index (χ4n) is 8.09. The molecule has 10 nitrogen and oxygen atoms in total. The zero-order valence-corrected chi connectivity index (χ0v) is 28.0. The maximum Gasteiger partial charge on any atom is 0.404 e. The number of fused-ring (bicyclic) bond motifs is 5. The second-order valence-corrected chi connectivity index (χ2v) is 12.5. The van der Waals surface area contributed by atoms with E-state index >= 15 is 0 Å². The van der Waals surface area contributed by atoms with Crippen molar-refractivity contribution in [3.63, 3.8) is 0 Å². The highest BCUT2D eigenvalue weighted by atomic mass is 16.7. The van der Waals surface area contributed by atoms with Gasteiger partial charge in [0.2, 0.25) is 0 Å². The normalized spacial score (nSPS) is 22.8. The Kier molecular flexibility index (Phi) is 9.32. The van der Waals surface area contributed by atoms with Crippen LogP contribution < -0.4 is 15.8 Å². The molecule has 1 fully saturated rings. The molecule has 4 aromatic carbocycles. The lowest BCUT2D eigenvalue weighted by Gasteiger charge is -2.36. The fraction of sp³-hybridized carbons (Fsp3) is 0.359. The average Bonchev–Trinajstić information content (AvgIpc) is 3.76. The van der Waals surface area contributed by atoms with Gasteiger partial charge < -0.3 is 39.8 Å². The van der Waals surface area contributed by atoms with Crippen LogP contribution in [0.2, 0.25) is 0 Å². The van der Waals surface area contributed by atoms with Crippen LogP contribution in [0.5, 0.6) is 5.75 Å². The Hall–Kier alpha value is -4.45. The van der Waals surface area contributed by atoms with E-state index in [0.29, 0.717) is 31.1 Å². The number of amides is 1. The Morgan fingerprint density at radius 2 is 1.59 bits per heavy atom. The molecule has 0 spiro atoms. The van der Waals surface area contributed by atoms with Gasteiger partial charge in [-0.25, -0.2) is 4.79 Å². The van der Waals surface area contributed by atoms with Crippen LogP contribution in [0, 0.1) is 0 Å². The van der Waals surface area contributed by atoms with E-state index in [4.69, 9.17) is 29.4 Å². The molecular formula is C39H43N3O7. The maximum absolute atomic E-state index is 12.6. The zero-order chi connectivity index (χ0) is 34.1. The molecule has 7 rings (SSSR count). The molecule has 256 valence electrons. The van der Waals surface area contributed by atoms with Crippen LogP contribution in [-0.4, -0.2) is 74.6 Å². The lowest BCUT2D eigenvalue weighted by Crippen LogP contribution is -2.41. The summed E-state index contributed by atoms with van der Waals surface area (Å²) in [6.45, 7) is 5.05. The highest BCUT2D eigenvalue weighted by Crippen LogP contribution is 2.61. The number of methoxy groups -OCH3 is 1. The third kappa shape index (κ3) is 5.63. The quantitative estimate of drug-likeness (QED) is 0.129. The molecule has 0 saturated carbocycles. The largest absolute Gasteiger partial charge is 0.467 e. The summed E-state index contributed by atoms with van der Waals surface area (Å²) >= 11 is 0. The van der Waals surface area contributed by atoms with Gasteiger partial charge >= 0.3 is 6.09 Å². The van der Waals surface area contributed by atoms with Gasteiger partial charge in [0.15, 0.2) is 13.1 Å². The number of hydrogen-bond donors (Lipinski definition) is 3. The van der Waals surface area contributed by atoms with Crippen molar-refractivity contribution < 1.29 is 33.6 Å².